The molecule has 0 atom stereocenters. The zero-order chi connectivity index (χ0) is 14.8. The first-order chi connectivity index (χ1) is 10.1. The van der Waals surface area contributed by atoms with Gasteiger partial charge >= 0.3 is 0 Å². The van der Waals surface area contributed by atoms with Crippen LogP contribution in [-0.2, 0) is 6.54 Å². The van der Waals surface area contributed by atoms with E-state index >= 15 is 0 Å². The normalized spacial score (nSPS) is 14.0. The van der Waals surface area contributed by atoms with Crippen LogP contribution in [0.15, 0.2) is 24.3 Å². The van der Waals surface area contributed by atoms with Crippen LogP contribution in [0.5, 0.6) is 0 Å². The van der Waals surface area contributed by atoms with E-state index in [0.717, 1.165) is 29.9 Å². The second-order valence-electron chi connectivity index (χ2n) is 5.00. The summed E-state index contributed by atoms with van der Waals surface area (Å²) in [7, 11) is 0. The Morgan fingerprint density at radius 3 is 2.76 bits per heavy atom. The molecule has 3 rings (SSSR count). The van der Waals surface area contributed by atoms with Crippen molar-refractivity contribution >= 4 is 28.3 Å². The van der Waals surface area contributed by atoms with Gasteiger partial charge in [-0.05, 0) is 42.1 Å². The fourth-order valence-corrected chi connectivity index (χ4v) is 2.62. The minimum atomic E-state index is -0.273. The third kappa shape index (κ3) is 3.30. The number of halogens is 1. The number of anilines is 2. The van der Waals surface area contributed by atoms with Crippen LogP contribution in [0.1, 0.15) is 28.8 Å². The number of carbonyl (C=O) groups excluding carboxylic acids is 1. The molecule has 0 aliphatic heterocycles. The third-order valence-electron chi connectivity index (χ3n) is 3.22. The van der Waals surface area contributed by atoms with Gasteiger partial charge in [-0.25, -0.2) is 4.39 Å². The molecule has 1 aromatic heterocycles. The highest BCUT2D eigenvalue weighted by Gasteiger charge is 2.27. The Morgan fingerprint density at radius 2 is 2.10 bits per heavy atom. The van der Waals surface area contributed by atoms with Gasteiger partial charge in [0.1, 0.15) is 16.4 Å². The van der Waals surface area contributed by atoms with E-state index in [-0.39, 0.29) is 23.6 Å². The molecular formula is C14H15FN4OS. The predicted molar refractivity (Wildman–Crippen MR) is 80.7 cm³/mol. The van der Waals surface area contributed by atoms with Gasteiger partial charge in [-0.2, -0.15) is 4.37 Å². The first kappa shape index (κ1) is 13.8. The van der Waals surface area contributed by atoms with Gasteiger partial charge in [0.15, 0.2) is 5.82 Å². The molecular weight excluding hydrogens is 291 g/mol. The Labute approximate surface area is 125 Å². The van der Waals surface area contributed by atoms with E-state index in [2.05, 4.69) is 15.0 Å². The maximum atomic E-state index is 12.9. The molecule has 0 radical (unpaired) electrons. The lowest BCUT2D eigenvalue weighted by molar-refractivity contribution is 0.0953. The van der Waals surface area contributed by atoms with Gasteiger partial charge in [0.25, 0.3) is 5.91 Å². The Hall–Kier alpha value is -2.15. The predicted octanol–water partition coefficient (Wildman–Crippen LogP) is 2.37. The Morgan fingerprint density at radius 1 is 1.38 bits per heavy atom. The molecule has 0 saturated heterocycles. The largest absolute Gasteiger partial charge is 0.382 e. The van der Waals surface area contributed by atoms with E-state index in [9.17, 15) is 9.18 Å². The van der Waals surface area contributed by atoms with Crippen LogP contribution in [0.2, 0.25) is 0 Å². The Kier molecular flexibility index (Phi) is 3.74. The van der Waals surface area contributed by atoms with E-state index < -0.39 is 0 Å². The van der Waals surface area contributed by atoms with Crippen LogP contribution in [0.4, 0.5) is 15.2 Å². The number of nitrogens with two attached hydrogens (primary N) is 1. The SMILES string of the molecule is Nc1nsc(NCc2ccc(F)cc2)c1C(=O)NC1CC1. The van der Waals surface area contributed by atoms with E-state index in [4.69, 9.17) is 5.73 Å². The first-order valence-corrected chi connectivity index (χ1v) is 7.45. The molecule has 1 saturated carbocycles. The van der Waals surface area contributed by atoms with Crippen molar-refractivity contribution in [3.63, 3.8) is 0 Å². The standard InChI is InChI=1S/C14H15FN4OS/c15-9-3-1-8(2-4-9)7-17-14-11(12(16)19-21-14)13(20)18-10-5-6-10/h1-4,10,17H,5-7H2,(H2,16,19)(H,18,20). The molecule has 1 aliphatic carbocycles. The monoisotopic (exact) mass is 306 g/mol. The molecule has 1 heterocycles. The van der Waals surface area contributed by atoms with E-state index in [0.29, 0.717) is 17.1 Å². The molecule has 4 N–H and O–H groups in total. The zero-order valence-corrected chi connectivity index (χ0v) is 12.0. The number of hydrogen-bond acceptors (Lipinski definition) is 5. The summed E-state index contributed by atoms with van der Waals surface area (Å²) in [5, 5.41) is 6.67. The molecule has 5 nitrogen and oxygen atoms in total. The molecule has 0 spiro atoms. The second kappa shape index (κ2) is 5.69. The summed E-state index contributed by atoms with van der Waals surface area (Å²) in [6.07, 6.45) is 2.03. The fraction of sp³-hybridized carbons (Fsp3) is 0.286. The van der Waals surface area contributed by atoms with Crippen molar-refractivity contribution in [2.45, 2.75) is 25.4 Å². The van der Waals surface area contributed by atoms with Gasteiger partial charge < -0.3 is 16.4 Å². The maximum Gasteiger partial charge on any atom is 0.258 e. The number of benzene rings is 1. The highest BCUT2D eigenvalue weighted by atomic mass is 32.1. The minimum Gasteiger partial charge on any atom is -0.382 e. The quantitative estimate of drug-likeness (QED) is 0.792. The summed E-state index contributed by atoms with van der Waals surface area (Å²) >= 11 is 1.15. The summed E-state index contributed by atoms with van der Waals surface area (Å²) in [6, 6.07) is 6.45. The third-order valence-corrected chi connectivity index (χ3v) is 4.04. The lowest BCUT2D eigenvalue weighted by Gasteiger charge is -2.07. The first-order valence-electron chi connectivity index (χ1n) is 6.68. The van der Waals surface area contributed by atoms with Crippen molar-refractivity contribution in [3.8, 4) is 0 Å². The molecule has 2 aromatic rings. The van der Waals surface area contributed by atoms with Gasteiger partial charge in [-0.15, -0.1) is 0 Å². The van der Waals surface area contributed by atoms with Gasteiger partial charge in [0, 0.05) is 12.6 Å². The molecule has 21 heavy (non-hydrogen) atoms. The number of hydrogen-bond donors (Lipinski definition) is 3. The summed E-state index contributed by atoms with van der Waals surface area (Å²) < 4.78 is 16.9. The summed E-state index contributed by atoms with van der Waals surface area (Å²) in [4.78, 5) is 12.1. The lowest BCUT2D eigenvalue weighted by Crippen LogP contribution is -2.26. The van der Waals surface area contributed by atoms with Crippen LogP contribution < -0.4 is 16.4 Å². The van der Waals surface area contributed by atoms with Gasteiger partial charge in [-0.3, -0.25) is 4.79 Å². The number of nitrogen functional groups attached to an aromatic ring is 1. The van der Waals surface area contributed by atoms with E-state index in [1.54, 1.807) is 12.1 Å². The van der Waals surface area contributed by atoms with Crippen LogP contribution in [0, 0.1) is 5.82 Å². The van der Waals surface area contributed by atoms with Crippen LogP contribution in [0.25, 0.3) is 0 Å². The van der Waals surface area contributed by atoms with Crippen molar-refractivity contribution in [2.24, 2.45) is 0 Å². The highest BCUT2D eigenvalue weighted by Crippen LogP contribution is 2.28. The molecule has 1 amide bonds. The Bertz CT molecular complexity index is 651. The summed E-state index contributed by atoms with van der Waals surface area (Å²) in [5.41, 5.74) is 7.09. The van der Waals surface area contributed by atoms with E-state index in [1.165, 1.54) is 12.1 Å². The number of aromatic nitrogens is 1. The number of carbonyl (C=O) groups is 1. The van der Waals surface area contributed by atoms with Crippen molar-refractivity contribution in [1.29, 1.82) is 0 Å². The number of nitrogens with one attached hydrogen (secondary N) is 2. The maximum absolute atomic E-state index is 12.9. The average molecular weight is 306 g/mol. The molecule has 1 aromatic carbocycles. The van der Waals surface area contributed by atoms with Gasteiger partial charge in [-0.1, -0.05) is 12.1 Å². The second-order valence-corrected chi connectivity index (χ2v) is 5.77. The average Bonchev–Trinajstić information content (AvgIpc) is 3.19. The molecule has 0 bridgehead atoms. The van der Waals surface area contributed by atoms with Gasteiger partial charge in [0.05, 0.1) is 0 Å². The van der Waals surface area contributed by atoms with Crippen molar-refractivity contribution in [2.75, 3.05) is 11.1 Å². The fourth-order valence-electron chi connectivity index (χ4n) is 1.91. The summed E-state index contributed by atoms with van der Waals surface area (Å²) in [5.74, 6) is -0.226. The van der Waals surface area contributed by atoms with Crippen molar-refractivity contribution < 1.29 is 9.18 Å². The smallest absolute Gasteiger partial charge is 0.258 e. The highest BCUT2D eigenvalue weighted by molar-refractivity contribution is 7.11. The van der Waals surface area contributed by atoms with Crippen LogP contribution >= 0.6 is 11.5 Å². The summed E-state index contributed by atoms with van der Waals surface area (Å²) in [6.45, 7) is 0.478. The number of amides is 1. The molecule has 7 heteroatoms. The zero-order valence-electron chi connectivity index (χ0n) is 11.2. The lowest BCUT2D eigenvalue weighted by atomic mass is 10.2. The van der Waals surface area contributed by atoms with Gasteiger partial charge in [0.2, 0.25) is 0 Å². The molecule has 1 fully saturated rings. The van der Waals surface area contributed by atoms with Crippen LogP contribution in [-0.4, -0.2) is 16.3 Å². The van der Waals surface area contributed by atoms with Crippen molar-refractivity contribution in [1.82, 2.24) is 9.69 Å². The number of rotatable bonds is 5. The van der Waals surface area contributed by atoms with Crippen LogP contribution in [0.3, 0.4) is 0 Å². The topological polar surface area (TPSA) is 80.0 Å². The van der Waals surface area contributed by atoms with Crippen molar-refractivity contribution in [3.05, 3.63) is 41.2 Å². The van der Waals surface area contributed by atoms with E-state index in [1.807, 2.05) is 0 Å². The molecule has 1 aliphatic rings. The molecule has 110 valence electrons. The minimum absolute atomic E-state index is 0.189. The Balaban J connectivity index is 1.70. The molecule has 0 unspecified atom stereocenters. The number of nitrogens with zero attached hydrogens (tertiary/aromatic N) is 1.